The Bertz CT molecular complexity index is 1480. The molecule has 3 atom stereocenters. The molecule has 2 heterocycles. The molecule has 10 nitrogen and oxygen atoms in total. The molecule has 0 amide bonds. The standard InChI is InChI=1S/C36H44O10S7/c1-23(15-31(37)38)35(41)45-27(19-47-21-33-49-11-12-50-33)17-43-25-3-7-29(8-4-25)53-30-9-5-26(6-10-30)44-18-28(20-48-22-34-51-13-14-52-34)46-36(42)24(2)16-32(39)40/h3-10,24,27-28,33-34H,1,11-22H2,2H3,(H,37,38)(H,39,40). The lowest BCUT2D eigenvalue weighted by Crippen LogP contribution is -2.31. The largest absolute Gasteiger partial charge is 0.490 e. The number of hydrogen-bond acceptors (Lipinski definition) is 15. The molecule has 0 bridgehead atoms. The van der Waals surface area contributed by atoms with Gasteiger partial charge in [0.15, 0.2) is 0 Å². The third-order valence-corrected chi connectivity index (χ3v) is 17.6. The van der Waals surface area contributed by atoms with Crippen LogP contribution in [-0.4, -0.2) is 115 Å². The molecule has 0 radical (unpaired) electrons. The fraction of sp³-hybridized carbons (Fsp3) is 0.500. The Morgan fingerprint density at radius 1 is 0.736 bits per heavy atom. The van der Waals surface area contributed by atoms with Crippen LogP contribution in [0.3, 0.4) is 0 Å². The molecule has 290 valence electrons. The maximum Gasteiger partial charge on any atom is 0.334 e. The summed E-state index contributed by atoms with van der Waals surface area (Å²) in [5.41, 5.74) is -0.104. The maximum absolute atomic E-state index is 12.6. The Labute approximate surface area is 340 Å². The minimum absolute atomic E-state index is 0.104. The highest BCUT2D eigenvalue weighted by molar-refractivity contribution is 8.21. The second-order valence-electron chi connectivity index (χ2n) is 11.8. The molecule has 53 heavy (non-hydrogen) atoms. The van der Waals surface area contributed by atoms with Gasteiger partial charge in [0.25, 0.3) is 0 Å². The Morgan fingerprint density at radius 2 is 1.19 bits per heavy atom. The van der Waals surface area contributed by atoms with E-state index in [1.54, 1.807) is 42.2 Å². The lowest BCUT2D eigenvalue weighted by molar-refractivity contribution is -0.157. The van der Waals surface area contributed by atoms with Crippen LogP contribution in [0.15, 0.2) is 70.5 Å². The molecule has 2 aromatic rings. The van der Waals surface area contributed by atoms with Crippen LogP contribution >= 0.6 is 82.3 Å². The van der Waals surface area contributed by atoms with Gasteiger partial charge in [-0.05, 0) is 48.5 Å². The van der Waals surface area contributed by atoms with Crippen LogP contribution in [0.25, 0.3) is 0 Å². The summed E-state index contributed by atoms with van der Waals surface area (Å²) in [5, 5.41) is 18.1. The molecule has 2 N–H and O–H groups in total. The van der Waals surface area contributed by atoms with Gasteiger partial charge in [-0.2, -0.15) is 23.5 Å². The van der Waals surface area contributed by atoms with Crippen LogP contribution in [0.1, 0.15) is 19.8 Å². The number of rotatable bonds is 24. The molecule has 2 aromatic carbocycles. The first kappa shape index (κ1) is 43.8. The zero-order valence-electron chi connectivity index (χ0n) is 29.2. The van der Waals surface area contributed by atoms with Crippen LogP contribution in [0, 0.1) is 5.92 Å². The van der Waals surface area contributed by atoms with E-state index in [0.29, 0.717) is 32.2 Å². The predicted octanol–water partition coefficient (Wildman–Crippen LogP) is 7.64. The lowest BCUT2D eigenvalue weighted by Gasteiger charge is -2.21. The normalized spacial score (nSPS) is 16.4. The number of aliphatic carboxylic acids is 2. The van der Waals surface area contributed by atoms with Crippen molar-refractivity contribution in [1.29, 1.82) is 0 Å². The van der Waals surface area contributed by atoms with Gasteiger partial charge in [-0.3, -0.25) is 14.4 Å². The first-order valence-corrected chi connectivity index (χ1v) is 24.1. The Morgan fingerprint density at radius 3 is 1.62 bits per heavy atom. The van der Waals surface area contributed by atoms with Crippen molar-refractivity contribution in [2.24, 2.45) is 5.92 Å². The highest BCUT2D eigenvalue weighted by atomic mass is 32.2. The summed E-state index contributed by atoms with van der Waals surface area (Å²) in [5.74, 6) is 4.56. The Hall–Kier alpha value is -1.89. The van der Waals surface area contributed by atoms with Crippen LogP contribution in [0.5, 0.6) is 11.5 Å². The van der Waals surface area contributed by atoms with E-state index >= 15 is 0 Å². The molecule has 4 rings (SSSR count). The number of carboxylic acids is 2. The van der Waals surface area contributed by atoms with Gasteiger partial charge in [-0.25, -0.2) is 4.79 Å². The molecule has 0 aliphatic carbocycles. The topological polar surface area (TPSA) is 146 Å². The first-order chi connectivity index (χ1) is 25.5. The minimum atomic E-state index is -1.14. The summed E-state index contributed by atoms with van der Waals surface area (Å²) in [7, 11) is 0. The zero-order chi connectivity index (χ0) is 38.0. The van der Waals surface area contributed by atoms with Crippen molar-refractivity contribution < 1.29 is 48.3 Å². The Kier molecular flexibility index (Phi) is 19.8. The first-order valence-electron chi connectivity index (χ1n) is 16.8. The second kappa shape index (κ2) is 23.9. The van der Waals surface area contributed by atoms with Gasteiger partial charge in [0.05, 0.1) is 27.9 Å². The zero-order valence-corrected chi connectivity index (χ0v) is 34.9. The van der Waals surface area contributed by atoms with E-state index in [2.05, 4.69) is 6.58 Å². The van der Waals surface area contributed by atoms with E-state index < -0.39 is 48.4 Å². The van der Waals surface area contributed by atoms with Crippen LogP contribution in [0.2, 0.25) is 0 Å². The van der Waals surface area contributed by atoms with E-state index in [9.17, 15) is 19.2 Å². The summed E-state index contributed by atoms with van der Waals surface area (Å²) >= 11 is 12.7. The van der Waals surface area contributed by atoms with E-state index in [1.165, 1.54) is 0 Å². The monoisotopic (exact) mass is 860 g/mol. The van der Waals surface area contributed by atoms with Crippen molar-refractivity contribution in [3.63, 3.8) is 0 Å². The molecule has 2 fully saturated rings. The molecular weight excluding hydrogens is 817 g/mol. The number of carboxylic acid groups (broad SMARTS) is 2. The summed E-state index contributed by atoms with van der Waals surface area (Å²) in [4.78, 5) is 49.2. The lowest BCUT2D eigenvalue weighted by atomic mass is 10.1. The molecule has 0 aromatic heterocycles. The molecule has 17 heteroatoms. The van der Waals surface area contributed by atoms with Gasteiger partial charge in [0.1, 0.15) is 36.9 Å². The van der Waals surface area contributed by atoms with Crippen LogP contribution in [-0.2, 0) is 28.7 Å². The van der Waals surface area contributed by atoms with E-state index in [4.69, 9.17) is 29.2 Å². The number of benzene rings is 2. The number of thioether (sulfide) groups is 6. The fourth-order valence-corrected chi connectivity index (χ4v) is 14.2. The molecule has 2 saturated heterocycles. The average Bonchev–Trinajstić information content (AvgIpc) is 3.85. The third kappa shape index (κ3) is 17.2. The van der Waals surface area contributed by atoms with Gasteiger partial charge in [0, 0.05) is 61.4 Å². The highest BCUT2D eigenvalue weighted by Gasteiger charge is 2.25. The number of esters is 2. The Balaban J connectivity index is 1.25. The number of carbonyl (C=O) groups is 4. The van der Waals surface area contributed by atoms with Crippen molar-refractivity contribution in [3.8, 4) is 11.5 Å². The highest BCUT2D eigenvalue weighted by Crippen LogP contribution is 2.36. The molecule has 2 aliphatic rings. The number of ether oxygens (including phenoxy) is 4. The molecule has 3 unspecified atom stereocenters. The van der Waals surface area contributed by atoms with E-state index in [-0.39, 0.29) is 25.2 Å². The quantitative estimate of drug-likeness (QED) is 0.0787. The minimum Gasteiger partial charge on any atom is -0.490 e. The average molecular weight is 861 g/mol. The van der Waals surface area contributed by atoms with E-state index in [0.717, 1.165) is 44.3 Å². The van der Waals surface area contributed by atoms with Crippen molar-refractivity contribution in [1.82, 2.24) is 0 Å². The van der Waals surface area contributed by atoms with Gasteiger partial charge < -0.3 is 29.2 Å². The molecule has 2 aliphatic heterocycles. The third-order valence-electron chi connectivity index (χ3n) is 7.34. The van der Waals surface area contributed by atoms with E-state index in [1.807, 2.05) is 95.6 Å². The molecule has 0 spiro atoms. The van der Waals surface area contributed by atoms with Crippen LogP contribution < -0.4 is 9.47 Å². The number of carbonyl (C=O) groups excluding carboxylic acids is 2. The maximum atomic E-state index is 12.6. The smallest absolute Gasteiger partial charge is 0.334 e. The van der Waals surface area contributed by atoms with Crippen molar-refractivity contribution in [2.75, 3.05) is 59.2 Å². The van der Waals surface area contributed by atoms with Gasteiger partial charge in [0.2, 0.25) is 0 Å². The summed E-state index contributed by atoms with van der Waals surface area (Å²) in [6.45, 7) is 5.40. The molecule has 0 saturated carbocycles. The fourth-order valence-electron chi connectivity index (χ4n) is 4.67. The van der Waals surface area contributed by atoms with Gasteiger partial charge >= 0.3 is 23.9 Å². The predicted molar refractivity (Wildman–Crippen MR) is 223 cm³/mol. The number of hydrogen-bond donors (Lipinski definition) is 2. The van der Waals surface area contributed by atoms with Crippen molar-refractivity contribution in [2.45, 2.75) is 50.9 Å². The molecular formula is C36H44O10S7. The van der Waals surface area contributed by atoms with Gasteiger partial charge in [-0.15, -0.1) is 47.0 Å². The SMILES string of the molecule is C=C(CC(=O)O)C(=O)OC(COc1ccc(Sc2ccc(OCC(CSCC3SCCS3)OC(=O)C(C)CC(=O)O)cc2)cc1)CSCC1SCCS1. The van der Waals surface area contributed by atoms with Gasteiger partial charge in [-0.1, -0.05) is 25.3 Å². The summed E-state index contributed by atoms with van der Waals surface area (Å²) < 4.78 is 24.3. The van der Waals surface area contributed by atoms with Crippen LogP contribution in [0.4, 0.5) is 0 Å². The van der Waals surface area contributed by atoms with Crippen molar-refractivity contribution >= 4 is 106 Å². The van der Waals surface area contributed by atoms with Crippen molar-refractivity contribution in [3.05, 3.63) is 60.7 Å². The summed E-state index contributed by atoms with van der Waals surface area (Å²) in [6, 6.07) is 15.2. The second-order valence-corrected chi connectivity index (χ2v) is 21.0. The summed E-state index contributed by atoms with van der Waals surface area (Å²) in [6.07, 6.45) is -1.84.